The van der Waals surface area contributed by atoms with E-state index in [2.05, 4.69) is 10.6 Å². The van der Waals surface area contributed by atoms with E-state index in [1.807, 2.05) is 0 Å². The number of amides is 2. The predicted molar refractivity (Wildman–Crippen MR) is 134 cm³/mol. The highest BCUT2D eigenvalue weighted by Crippen LogP contribution is 2.12. The molecule has 2 heterocycles. The van der Waals surface area contributed by atoms with Crippen molar-refractivity contribution in [2.45, 2.75) is 26.6 Å². The Morgan fingerprint density at radius 3 is 2.32 bits per heavy atom. The molecule has 2 aromatic heterocycles. The molecule has 0 radical (unpaired) electrons. The number of hydrogen-bond acceptors (Lipinski definition) is 7. The number of rotatable bonds is 9. The van der Waals surface area contributed by atoms with Gasteiger partial charge in [-0.3, -0.25) is 23.5 Å². The molecule has 2 amide bonds. The van der Waals surface area contributed by atoms with Crippen LogP contribution in [-0.2, 0) is 34.0 Å². The number of ether oxygens (including phenoxy) is 1. The van der Waals surface area contributed by atoms with Gasteiger partial charge in [-0.15, -0.1) is 0 Å². The van der Waals surface area contributed by atoms with Crippen molar-refractivity contribution in [3.63, 3.8) is 0 Å². The summed E-state index contributed by atoms with van der Waals surface area (Å²) in [4.78, 5) is 63.3. The quantitative estimate of drug-likeness (QED) is 0.332. The Bertz CT molecular complexity index is 1550. The molecule has 0 atom stereocenters. The summed E-state index contributed by atoms with van der Waals surface area (Å²) in [6.07, 6.45) is 1.47. The summed E-state index contributed by atoms with van der Waals surface area (Å²) in [6, 6.07) is 15.8. The maximum atomic E-state index is 13.2. The smallest absolute Gasteiger partial charge is 0.338 e. The zero-order chi connectivity index (χ0) is 26.4. The number of aromatic nitrogens is 2. The first-order valence-corrected chi connectivity index (χ1v) is 11.5. The molecule has 2 aromatic carbocycles. The molecule has 37 heavy (non-hydrogen) atoms. The van der Waals surface area contributed by atoms with Crippen molar-refractivity contribution in [3.05, 3.63) is 99.1 Å². The molecule has 4 aromatic rings. The largest absolute Gasteiger partial charge is 0.467 e. The second-order valence-electron chi connectivity index (χ2n) is 7.98. The Labute approximate surface area is 210 Å². The lowest BCUT2D eigenvalue weighted by Gasteiger charge is -2.14. The van der Waals surface area contributed by atoms with Crippen LogP contribution >= 0.6 is 0 Å². The van der Waals surface area contributed by atoms with Crippen LogP contribution in [0.2, 0.25) is 0 Å². The monoisotopic (exact) mass is 504 g/mol. The van der Waals surface area contributed by atoms with E-state index < -0.39 is 42.1 Å². The molecular formula is C26H24N4O7. The molecule has 0 aliphatic rings. The van der Waals surface area contributed by atoms with Crippen LogP contribution in [0, 0.1) is 0 Å². The van der Waals surface area contributed by atoms with Crippen LogP contribution in [0.25, 0.3) is 10.9 Å². The zero-order valence-electron chi connectivity index (χ0n) is 19.9. The van der Waals surface area contributed by atoms with Gasteiger partial charge in [0, 0.05) is 5.69 Å². The number of furan rings is 1. The van der Waals surface area contributed by atoms with Crippen molar-refractivity contribution in [3.8, 4) is 0 Å². The van der Waals surface area contributed by atoms with Gasteiger partial charge in [0.2, 0.25) is 11.8 Å². The second-order valence-corrected chi connectivity index (χ2v) is 7.98. The Hall–Kier alpha value is -4.93. The minimum Gasteiger partial charge on any atom is -0.467 e. The van der Waals surface area contributed by atoms with Crippen molar-refractivity contribution in [1.29, 1.82) is 0 Å². The number of para-hydroxylation sites is 1. The number of benzene rings is 2. The highest BCUT2D eigenvalue weighted by molar-refractivity contribution is 5.93. The van der Waals surface area contributed by atoms with Crippen LogP contribution in [0.1, 0.15) is 23.0 Å². The number of carbonyl (C=O) groups excluding carboxylic acids is 3. The van der Waals surface area contributed by atoms with Gasteiger partial charge in [-0.2, -0.15) is 0 Å². The number of fused-ring (bicyclic) bond motifs is 1. The SMILES string of the molecule is CCOC(=O)c1ccc(NC(=O)Cn2c(=O)n(CC(=O)NCc3ccco3)c(=O)c3ccccc32)cc1. The van der Waals surface area contributed by atoms with Gasteiger partial charge < -0.3 is 19.8 Å². The fraction of sp³-hybridized carbons (Fsp3) is 0.192. The van der Waals surface area contributed by atoms with Crippen LogP contribution < -0.4 is 21.9 Å². The Balaban J connectivity index is 1.56. The molecule has 0 saturated carbocycles. The van der Waals surface area contributed by atoms with E-state index in [-0.39, 0.29) is 24.1 Å². The van der Waals surface area contributed by atoms with E-state index in [1.165, 1.54) is 36.6 Å². The first-order valence-electron chi connectivity index (χ1n) is 11.5. The van der Waals surface area contributed by atoms with E-state index in [0.717, 1.165) is 9.13 Å². The molecule has 11 nitrogen and oxygen atoms in total. The van der Waals surface area contributed by atoms with Gasteiger partial charge in [-0.1, -0.05) is 12.1 Å². The summed E-state index contributed by atoms with van der Waals surface area (Å²) in [5, 5.41) is 5.45. The first kappa shape index (κ1) is 25.2. The van der Waals surface area contributed by atoms with Crippen LogP contribution in [0.3, 0.4) is 0 Å². The molecule has 0 saturated heterocycles. The van der Waals surface area contributed by atoms with E-state index in [0.29, 0.717) is 17.0 Å². The minimum absolute atomic E-state index is 0.0969. The van der Waals surface area contributed by atoms with E-state index in [4.69, 9.17) is 9.15 Å². The molecule has 190 valence electrons. The van der Waals surface area contributed by atoms with Gasteiger partial charge in [0.1, 0.15) is 18.8 Å². The Morgan fingerprint density at radius 1 is 0.892 bits per heavy atom. The molecule has 2 N–H and O–H groups in total. The third-order valence-corrected chi connectivity index (χ3v) is 5.46. The summed E-state index contributed by atoms with van der Waals surface area (Å²) in [6.45, 7) is 1.11. The molecule has 0 unspecified atom stereocenters. The summed E-state index contributed by atoms with van der Waals surface area (Å²) in [5.74, 6) is -1.07. The second kappa shape index (κ2) is 11.2. The highest BCUT2D eigenvalue weighted by Gasteiger charge is 2.17. The van der Waals surface area contributed by atoms with Gasteiger partial charge in [-0.05, 0) is 55.5 Å². The average molecular weight is 504 g/mol. The summed E-state index contributed by atoms with van der Waals surface area (Å²) >= 11 is 0. The number of anilines is 1. The van der Waals surface area contributed by atoms with Crippen LogP contribution in [0.4, 0.5) is 5.69 Å². The van der Waals surface area contributed by atoms with E-state index in [1.54, 1.807) is 37.3 Å². The van der Waals surface area contributed by atoms with E-state index >= 15 is 0 Å². The predicted octanol–water partition coefficient (Wildman–Crippen LogP) is 1.89. The molecule has 11 heteroatoms. The van der Waals surface area contributed by atoms with Gasteiger partial charge in [0.25, 0.3) is 5.56 Å². The molecule has 0 bridgehead atoms. The van der Waals surface area contributed by atoms with Gasteiger partial charge in [0.15, 0.2) is 0 Å². The molecule has 0 aliphatic heterocycles. The lowest BCUT2D eigenvalue weighted by Crippen LogP contribution is -2.44. The standard InChI is InChI=1S/C26H24N4O7/c1-2-36-25(34)17-9-11-18(12-10-17)28-23(32)16-29-21-8-4-3-7-20(21)24(33)30(26(29)35)15-22(31)27-14-19-6-5-13-37-19/h3-13H,2,14-16H2,1H3,(H,27,31)(H,28,32). The molecule has 4 rings (SSSR count). The lowest BCUT2D eigenvalue weighted by atomic mass is 10.2. The molecular weight excluding hydrogens is 480 g/mol. The number of nitrogens with one attached hydrogen (secondary N) is 2. The summed E-state index contributed by atoms with van der Waals surface area (Å²) in [7, 11) is 0. The van der Waals surface area contributed by atoms with Crippen molar-refractivity contribution >= 4 is 34.4 Å². The maximum Gasteiger partial charge on any atom is 0.338 e. The van der Waals surface area contributed by atoms with Crippen LogP contribution in [-0.4, -0.2) is 33.5 Å². The van der Waals surface area contributed by atoms with Gasteiger partial charge in [0.05, 0.1) is 35.9 Å². The minimum atomic E-state index is -0.801. The molecule has 0 fully saturated rings. The third-order valence-electron chi connectivity index (χ3n) is 5.46. The fourth-order valence-electron chi connectivity index (χ4n) is 3.71. The Morgan fingerprint density at radius 2 is 1.62 bits per heavy atom. The zero-order valence-corrected chi connectivity index (χ0v) is 19.9. The van der Waals surface area contributed by atoms with Crippen molar-refractivity contribution in [2.75, 3.05) is 11.9 Å². The number of esters is 1. The topological polar surface area (TPSA) is 142 Å². The van der Waals surface area contributed by atoms with Gasteiger partial charge in [-0.25, -0.2) is 9.59 Å². The first-order chi connectivity index (χ1) is 17.9. The van der Waals surface area contributed by atoms with Gasteiger partial charge >= 0.3 is 11.7 Å². The fourth-order valence-corrected chi connectivity index (χ4v) is 3.71. The van der Waals surface area contributed by atoms with Crippen LogP contribution in [0.5, 0.6) is 0 Å². The summed E-state index contributed by atoms with van der Waals surface area (Å²) < 4.78 is 12.0. The lowest BCUT2D eigenvalue weighted by molar-refractivity contribution is -0.122. The number of hydrogen-bond donors (Lipinski definition) is 2. The van der Waals surface area contributed by atoms with Crippen molar-refractivity contribution in [2.24, 2.45) is 0 Å². The van der Waals surface area contributed by atoms with Crippen LogP contribution in [0.15, 0.2) is 80.9 Å². The number of nitrogens with zero attached hydrogens (tertiary/aromatic N) is 2. The highest BCUT2D eigenvalue weighted by atomic mass is 16.5. The maximum absolute atomic E-state index is 13.2. The average Bonchev–Trinajstić information content (AvgIpc) is 3.42. The molecule has 0 aliphatic carbocycles. The third kappa shape index (κ3) is 5.84. The van der Waals surface area contributed by atoms with Crippen molar-refractivity contribution in [1.82, 2.24) is 14.5 Å². The normalized spacial score (nSPS) is 10.7. The Kier molecular flexibility index (Phi) is 7.62. The van der Waals surface area contributed by atoms with Crippen molar-refractivity contribution < 1.29 is 23.5 Å². The number of carbonyl (C=O) groups is 3. The van der Waals surface area contributed by atoms with E-state index in [9.17, 15) is 24.0 Å². The molecule has 0 spiro atoms. The summed E-state index contributed by atoms with van der Waals surface area (Å²) in [5.41, 5.74) is -0.442.